The summed E-state index contributed by atoms with van der Waals surface area (Å²) < 4.78 is 0. The monoisotopic (exact) mass is 866 g/mol. The first-order chi connectivity index (χ1) is 28.8. The molecule has 11 N–H and O–H groups in total. The lowest BCUT2D eigenvalue weighted by atomic mass is 9.86. The Hall–Kier alpha value is -3.93. The molecule has 0 bridgehead atoms. The van der Waals surface area contributed by atoms with Gasteiger partial charge < -0.3 is 48.4 Å². The number of aliphatic hydroxyl groups excluding tert-OH is 1. The van der Waals surface area contributed by atoms with Crippen molar-refractivity contribution in [3.63, 3.8) is 0 Å². The molecule has 0 radical (unpaired) electrons. The van der Waals surface area contributed by atoms with Crippen LogP contribution in [0.3, 0.4) is 0 Å². The molecule has 0 saturated heterocycles. The van der Waals surface area contributed by atoms with Crippen LogP contribution in [0.2, 0.25) is 0 Å². The van der Waals surface area contributed by atoms with Gasteiger partial charge in [0.1, 0.15) is 11.8 Å². The maximum absolute atomic E-state index is 14.1. The number of nitrogens with one attached hydrogen (secondary N) is 4. The van der Waals surface area contributed by atoms with Crippen LogP contribution in [0.1, 0.15) is 144 Å². The van der Waals surface area contributed by atoms with Crippen molar-refractivity contribution in [1.29, 1.82) is 0 Å². The molecule has 0 aliphatic heterocycles. The number of unbranched alkanes of at least 4 members (excludes halogenated alkanes) is 3. The first-order valence-corrected chi connectivity index (χ1v) is 22.3. The van der Waals surface area contributed by atoms with Crippen LogP contribution >= 0.6 is 0 Å². The van der Waals surface area contributed by atoms with Crippen molar-refractivity contribution < 1.29 is 48.3 Å². The number of hydrogen-bond acceptors (Lipinski definition) is 13. The zero-order chi connectivity index (χ0) is 46.5. The van der Waals surface area contributed by atoms with E-state index in [0.717, 1.165) is 0 Å². The Labute approximate surface area is 363 Å². The zero-order valence-corrected chi connectivity index (χ0v) is 37.8. The Kier molecular flexibility index (Phi) is 30.6. The molecule has 4 amide bonds. The zero-order valence-electron chi connectivity index (χ0n) is 37.8. The molecule has 0 aromatic heterocycles. The van der Waals surface area contributed by atoms with Crippen molar-refractivity contribution in [2.24, 2.45) is 46.8 Å². The summed E-state index contributed by atoms with van der Waals surface area (Å²) in [5, 5.41) is 20.6. The van der Waals surface area contributed by atoms with E-state index in [1.807, 2.05) is 34.6 Å². The number of carbonyl (C=O) groups is 9. The molecule has 17 nitrogen and oxygen atoms in total. The molecule has 0 rings (SSSR count). The number of ketones is 5. The van der Waals surface area contributed by atoms with E-state index in [2.05, 4.69) is 21.3 Å². The number of hydrogen-bond donors (Lipinski definition) is 8. The Morgan fingerprint density at radius 2 is 1.02 bits per heavy atom. The highest BCUT2D eigenvalue weighted by atomic mass is 16.3. The number of carbonyl (C=O) groups excluding carboxylic acids is 9. The molecule has 61 heavy (non-hydrogen) atoms. The van der Waals surface area contributed by atoms with Crippen molar-refractivity contribution in [1.82, 2.24) is 21.3 Å². The van der Waals surface area contributed by atoms with E-state index in [-0.39, 0.29) is 93.0 Å². The minimum atomic E-state index is -1.37. The van der Waals surface area contributed by atoms with Gasteiger partial charge in [-0.3, -0.25) is 38.4 Å². The smallest absolute Gasteiger partial charge is 0.224 e. The molecule has 6 atom stereocenters. The molecule has 0 aliphatic carbocycles. The molecule has 0 aromatic rings. The van der Waals surface area contributed by atoms with E-state index in [9.17, 15) is 48.3 Å². The minimum Gasteiger partial charge on any atom is -0.394 e. The summed E-state index contributed by atoms with van der Waals surface area (Å²) in [4.78, 5) is 116. The fraction of sp³-hybridized carbons (Fsp3) is 0.795. The second-order valence-corrected chi connectivity index (χ2v) is 17.1. The van der Waals surface area contributed by atoms with Crippen LogP contribution in [-0.2, 0) is 43.2 Å². The molecule has 0 saturated carbocycles. The lowest BCUT2D eigenvalue weighted by Crippen LogP contribution is -2.49. The predicted molar refractivity (Wildman–Crippen MR) is 233 cm³/mol. The SMILES string of the molecule is CC(=O)CCC(=O)NCC(=O)CCC(=O)N[C@@H](CO)C(=O)C[C@@H](CCCCN)C(=O)N[C@@H](CCCCN)C(=O)C[C@@H](CCCCN)C(=O)N[C@H](C(=O)C[C@H](C)C(C)C)C(C)C. The number of rotatable bonds is 37. The van der Waals surface area contributed by atoms with Gasteiger partial charge in [-0.1, -0.05) is 47.5 Å². The largest absolute Gasteiger partial charge is 0.394 e. The van der Waals surface area contributed by atoms with Gasteiger partial charge in [0.05, 0.1) is 25.2 Å². The highest BCUT2D eigenvalue weighted by Gasteiger charge is 2.34. The number of aliphatic hydroxyl groups is 1. The van der Waals surface area contributed by atoms with Gasteiger partial charge in [-0.25, -0.2) is 0 Å². The molecule has 0 fully saturated rings. The highest BCUT2D eigenvalue weighted by molar-refractivity contribution is 5.97. The number of nitrogens with two attached hydrogens (primary N) is 3. The van der Waals surface area contributed by atoms with Gasteiger partial charge in [-0.2, -0.15) is 0 Å². The van der Waals surface area contributed by atoms with E-state index >= 15 is 0 Å². The second-order valence-electron chi connectivity index (χ2n) is 17.1. The topological polar surface area (TPSA) is 300 Å². The number of amides is 4. The van der Waals surface area contributed by atoms with Gasteiger partial charge in [-0.15, -0.1) is 0 Å². The fourth-order valence-corrected chi connectivity index (χ4v) is 6.57. The normalized spacial score (nSPS) is 14.3. The standard InChI is InChI=1S/C44H79N7O10/c1-28(2)30(5)23-39(57)42(29(3)4)51-44(61)33(14-8-11-21-46)24-37(55)35(15-9-12-22-47)50-43(60)32(13-7-10-20-45)25-38(56)36(27-52)49-41(59)19-17-34(54)26-48-40(58)18-16-31(6)53/h28-30,32-33,35-36,42,52H,7-27,45-47H2,1-6H3,(H,48,58)(H,49,59)(H,50,60)(H,51,61)/t30-,32+,33+,35-,36-,42-/m0/s1. The molecule has 0 aromatic carbocycles. The average Bonchev–Trinajstić information content (AvgIpc) is 3.20. The Morgan fingerprint density at radius 3 is 1.49 bits per heavy atom. The van der Waals surface area contributed by atoms with E-state index in [4.69, 9.17) is 17.2 Å². The van der Waals surface area contributed by atoms with Gasteiger partial charge in [-0.05, 0) is 89.3 Å². The first-order valence-electron chi connectivity index (χ1n) is 22.3. The van der Waals surface area contributed by atoms with Crippen molar-refractivity contribution in [2.75, 3.05) is 32.8 Å². The van der Waals surface area contributed by atoms with Crippen molar-refractivity contribution in [3.05, 3.63) is 0 Å². The van der Waals surface area contributed by atoms with Gasteiger partial charge in [0.25, 0.3) is 0 Å². The van der Waals surface area contributed by atoms with Crippen LogP contribution in [0.5, 0.6) is 0 Å². The fourth-order valence-electron chi connectivity index (χ4n) is 6.57. The minimum absolute atomic E-state index is 0.0425. The molecule has 0 unspecified atom stereocenters. The molecule has 0 spiro atoms. The highest BCUT2D eigenvalue weighted by Crippen LogP contribution is 2.22. The van der Waals surface area contributed by atoms with Crippen molar-refractivity contribution >= 4 is 52.5 Å². The van der Waals surface area contributed by atoms with Crippen LogP contribution in [0, 0.1) is 29.6 Å². The molecular weight excluding hydrogens is 787 g/mol. The van der Waals surface area contributed by atoms with Crippen molar-refractivity contribution in [3.8, 4) is 0 Å². The first kappa shape index (κ1) is 57.1. The number of Topliss-reactive ketones (excluding diaryl/α,β-unsaturated/α-hetero) is 5. The van der Waals surface area contributed by atoms with Crippen LogP contribution in [-0.4, -0.2) is 109 Å². The van der Waals surface area contributed by atoms with Crippen LogP contribution in [0.4, 0.5) is 0 Å². The maximum atomic E-state index is 14.1. The van der Waals surface area contributed by atoms with E-state index in [1.54, 1.807) is 0 Å². The summed E-state index contributed by atoms with van der Waals surface area (Å²) in [6.45, 7) is 11.1. The average molecular weight is 866 g/mol. The van der Waals surface area contributed by atoms with Crippen LogP contribution < -0.4 is 38.5 Å². The van der Waals surface area contributed by atoms with Crippen LogP contribution in [0.15, 0.2) is 0 Å². The molecule has 350 valence electrons. The van der Waals surface area contributed by atoms with Gasteiger partial charge >= 0.3 is 0 Å². The molecule has 0 heterocycles. The summed E-state index contributed by atoms with van der Waals surface area (Å²) >= 11 is 0. The molecule has 17 heteroatoms. The Bertz CT molecular complexity index is 1410. The second kappa shape index (κ2) is 32.7. The lowest BCUT2D eigenvalue weighted by Gasteiger charge is -2.27. The summed E-state index contributed by atoms with van der Waals surface area (Å²) in [7, 11) is 0. The maximum Gasteiger partial charge on any atom is 0.224 e. The lowest BCUT2D eigenvalue weighted by molar-refractivity contribution is -0.136. The van der Waals surface area contributed by atoms with Gasteiger partial charge in [0, 0.05) is 56.8 Å². The van der Waals surface area contributed by atoms with E-state index < -0.39 is 71.8 Å². The predicted octanol–water partition coefficient (Wildman–Crippen LogP) is 1.71. The summed E-state index contributed by atoms with van der Waals surface area (Å²) in [6.07, 6.45) is 3.25. The third kappa shape index (κ3) is 25.6. The summed E-state index contributed by atoms with van der Waals surface area (Å²) in [6, 6.07) is -3.11. The van der Waals surface area contributed by atoms with Crippen LogP contribution in [0.25, 0.3) is 0 Å². The Morgan fingerprint density at radius 1 is 0.525 bits per heavy atom. The summed E-state index contributed by atoms with van der Waals surface area (Å²) in [5.74, 6) is -5.38. The van der Waals surface area contributed by atoms with Gasteiger partial charge in [0.2, 0.25) is 23.6 Å². The van der Waals surface area contributed by atoms with Crippen molar-refractivity contribution in [2.45, 2.75) is 162 Å². The quantitative estimate of drug-likeness (QED) is 0.0413. The molecular formula is C44H79N7O10. The Balaban J connectivity index is 6.02. The van der Waals surface area contributed by atoms with E-state index in [0.29, 0.717) is 71.0 Å². The third-order valence-corrected chi connectivity index (χ3v) is 11.0. The van der Waals surface area contributed by atoms with E-state index in [1.165, 1.54) is 6.92 Å². The third-order valence-electron chi connectivity index (χ3n) is 11.0. The molecule has 0 aliphatic rings. The summed E-state index contributed by atoms with van der Waals surface area (Å²) in [5.41, 5.74) is 17.2. The van der Waals surface area contributed by atoms with Gasteiger partial charge in [0.15, 0.2) is 23.1 Å².